The molecule has 13 nitrogen and oxygen atoms in total. The number of amides is 3. The summed E-state index contributed by atoms with van der Waals surface area (Å²) in [7, 11) is -0.951. The lowest BCUT2D eigenvalue weighted by atomic mass is 9.98. The van der Waals surface area contributed by atoms with E-state index in [1.807, 2.05) is 25.1 Å². The second kappa shape index (κ2) is 19.1. The van der Waals surface area contributed by atoms with E-state index in [9.17, 15) is 27.9 Å². The van der Waals surface area contributed by atoms with E-state index in [1.165, 1.54) is 38.0 Å². The van der Waals surface area contributed by atoms with Gasteiger partial charge >= 0.3 is 12.0 Å². The first-order valence-electron chi connectivity index (χ1n) is 17.2. The zero-order valence-corrected chi connectivity index (χ0v) is 30.2. The van der Waals surface area contributed by atoms with Gasteiger partial charge < -0.3 is 30.5 Å². The molecule has 1 fully saturated rings. The highest BCUT2D eigenvalue weighted by Gasteiger charge is 2.25. The maximum absolute atomic E-state index is 13.1. The van der Waals surface area contributed by atoms with Crippen LogP contribution in [0, 0.1) is 5.92 Å². The van der Waals surface area contributed by atoms with Gasteiger partial charge in [0.2, 0.25) is 15.9 Å². The summed E-state index contributed by atoms with van der Waals surface area (Å²) < 4.78 is 38.4. The fourth-order valence-corrected chi connectivity index (χ4v) is 7.11. The van der Waals surface area contributed by atoms with Crippen LogP contribution in [-0.4, -0.2) is 82.3 Å². The molecule has 1 aliphatic rings. The normalized spacial score (nSPS) is 15.0. The number of hydrogen-bond acceptors (Lipinski definition) is 8. The summed E-state index contributed by atoms with van der Waals surface area (Å²) in [5.41, 5.74) is 2.52. The number of rotatable bonds is 18. The third kappa shape index (κ3) is 12.0. The van der Waals surface area contributed by atoms with Crippen molar-refractivity contribution in [3.63, 3.8) is 0 Å². The average Bonchev–Trinajstić information content (AvgIpc) is 3.12. The molecule has 0 saturated carbocycles. The molecular weight excluding hydrogens is 675 g/mol. The molecule has 2 atom stereocenters. The first-order chi connectivity index (χ1) is 24.5. The van der Waals surface area contributed by atoms with Crippen LogP contribution in [0.25, 0.3) is 0 Å². The lowest BCUT2D eigenvalue weighted by Gasteiger charge is -2.32. The molecule has 1 saturated heterocycles. The average molecular weight is 724 g/mol. The van der Waals surface area contributed by atoms with E-state index < -0.39 is 33.9 Å². The Kier molecular flexibility index (Phi) is 14.6. The summed E-state index contributed by atoms with van der Waals surface area (Å²) in [5, 5.41) is 18.4. The summed E-state index contributed by atoms with van der Waals surface area (Å²) in [6.45, 7) is 4.61. The zero-order valence-electron chi connectivity index (χ0n) is 29.4. The number of hydrogen-bond donors (Lipinski definition) is 5. The molecule has 14 heteroatoms. The van der Waals surface area contributed by atoms with Gasteiger partial charge in [0.25, 0.3) is 0 Å². The van der Waals surface area contributed by atoms with Gasteiger partial charge in [-0.1, -0.05) is 49.4 Å². The number of sulfonamides is 1. The number of carbonyl (C=O) groups excluding carboxylic acids is 2. The molecule has 4 rings (SSSR count). The van der Waals surface area contributed by atoms with Crippen molar-refractivity contribution < 1.29 is 37.4 Å². The number of methoxy groups -OCH3 is 2. The Morgan fingerprint density at radius 3 is 2.24 bits per heavy atom. The van der Waals surface area contributed by atoms with Gasteiger partial charge in [0.1, 0.15) is 6.04 Å². The Balaban J connectivity index is 1.20. The van der Waals surface area contributed by atoms with Crippen molar-refractivity contribution in [3.05, 3.63) is 83.9 Å². The third-order valence-electron chi connectivity index (χ3n) is 8.99. The smallest absolute Gasteiger partial charge is 0.326 e. The number of carboxylic acids is 1. The van der Waals surface area contributed by atoms with Crippen molar-refractivity contribution in [1.29, 1.82) is 0 Å². The molecule has 3 aromatic carbocycles. The van der Waals surface area contributed by atoms with Crippen LogP contribution in [0.15, 0.2) is 77.7 Å². The van der Waals surface area contributed by atoms with Crippen LogP contribution >= 0.6 is 0 Å². The lowest BCUT2D eigenvalue weighted by molar-refractivity contribution is -0.142. The summed E-state index contributed by atoms with van der Waals surface area (Å²) in [6, 6.07) is 20.1. The fourth-order valence-electron chi connectivity index (χ4n) is 6.02. The standard InChI is InChI=1S/C37H49N5O8S/c1-4-28(11-8-20-38-51(47,48)31-16-17-33(49-2)34(24-31)50-3)35(43)41-32(36(44)45)23-26-12-14-29(15-13-26)39-37(46)40-30-18-21-42(22-19-30)25-27-9-6-5-7-10-27/h5-7,9-10,12-17,24,28,30,32,38H,4,8,11,18-23,25H2,1-3H3,(H,41,43)(H,44,45)(H2,39,40,46)/t28?,32-/m0/s1. The summed E-state index contributed by atoms with van der Waals surface area (Å²) in [4.78, 5) is 40.2. The Labute approximate surface area is 300 Å². The SMILES string of the molecule is CCC(CCCNS(=O)(=O)c1ccc(OC)c(OC)c1)C(=O)N[C@@H](Cc1ccc(NC(=O)NC2CCN(Cc3ccccc3)CC2)cc1)C(=O)O. The number of aliphatic carboxylic acids is 1. The minimum atomic E-state index is -3.83. The fraction of sp³-hybridized carbons (Fsp3) is 0.432. The molecule has 0 aliphatic carbocycles. The number of nitrogens with zero attached hydrogens (tertiary/aromatic N) is 1. The Hall–Kier alpha value is -4.66. The highest BCUT2D eigenvalue weighted by molar-refractivity contribution is 7.89. The van der Waals surface area contributed by atoms with Crippen LogP contribution in [0.1, 0.15) is 50.2 Å². The second-order valence-electron chi connectivity index (χ2n) is 12.6. The van der Waals surface area contributed by atoms with Gasteiger partial charge in [-0.2, -0.15) is 0 Å². The van der Waals surface area contributed by atoms with Gasteiger partial charge in [-0.15, -0.1) is 0 Å². The van der Waals surface area contributed by atoms with Crippen LogP contribution in [0.3, 0.4) is 0 Å². The van der Waals surface area contributed by atoms with E-state index in [4.69, 9.17) is 9.47 Å². The number of nitrogens with one attached hydrogen (secondary N) is 4. The molecule has 0 radical (unpaired) electrons. The molecule has 3 aromatic rings. The van der Waals surface area contributed by atoms with Crippen molar-refractivity contribution in [1.82, 2.24) is 20.3 Å². The number of carbonyl (C=O) groups is 3. The number of urea groups is 1. The Morgan fingerprint density at radius 2 is 1.61 bits per heavy atom. The highest BCUT2D eigenvalue weighted by atomic mass is 32.2. The van der Waals surface area contributed by atoms with Crippen LogP contribution in [0.2, 0.25) is 0 Å². The van der Waals surface area contributed by atoms with Gasteiger partial charge in [0.15, 0.2) is 11.5 Å². The number of piperidine rings is 1. The van der Waals surface area contributed by atoms with Crippen molar-refractivity contribution >= 4 is 33.6 Å². The quantitative estimate of drug-likeness (QED) is 0.119. The molecule has 3 amide bonds. The van der Waals surface area contributed by atoms with Crippen LogP contribution in [-0.2, 0) is 32.6 Å². The van der Waals surface area contributed by atoms with Crippen molar-refractivity contribution in [3.8, 4) is 11.5 Å². The Bertz CT molecular complexity index is 1700. The van der Waals surface area contributed by atoms with E-state index in [2.05, 4.69) is 37.7 Å². The van der Waals surface area contributed by atoms with Gasteiger partial charge in [-0.05, 0) is 67.5 Å². The largest absolute Gasteiger partial charge is 0.493 e. The predicted octanol–water partition coefficient (Wildman–Crippen LogP) is 4.39. The molecular formula is C37H49N5O8S. The lowest BCUT2D eigenvalue weighted by Crippen LogP contribution is -2.45. The third-order valence-corrected chi connectivity index (χ3v) is 10.4. The molecule has 1 heterocycles. The van der Waals surface area contributed by atoms with E-state index in [0.29, 0.717) is 36.3 Å². The Morgan fingerprint density at radius 1 is 0.922 bits per heavy atom. The molecule has 0 aromatic heterocycles. The molecule has 0 bridgehead atoms. The van der Waals surface area contributed by atoms with Crippen LogP contribution in [0.5, 0.6) is 11.5 Å². The first kappa shape index (κ1) is 39.1. The van der Waals surface area contributed by atoms with Crippen LogP contribution in [0.4, 0.5) is 10.5 Å². The minimum absolute atomic E-state index is 0.0206. The number of carboxylic acid groups (broad SMARTS) is 1. The highest BCUT2D eigenvalue weighted by Crippen LogP contribution is 2.29. The van der Waals surface area contributed by atoms with Crippen LogP contribution < -0.4 is 30.1 Å². The molecule has 1 aliphatic heterocycles. The topological polar surface area (TPSA) is 175 Å². The summed E-state index contributed by atoms with van der Waals surface area (Å²) in [6.07, 6.45) is 2.95. The van der Waals surface area contributed by atoms with Gasteiger partial charge in [-0.3, -0.25) is 9.69 Å². The van der Waals surface area contributed by atoms with Gasteiger partial charge in [0.05, 0.1) is 19.1 Å². The number of likely N-dealkylation sites (tertiary alicyclic amines) is 1. The molecule has 276 valence electrons. The van der Waals surface area contributed by atoms with E-state index in [1.54, 1.807) is 24.3 Å². The molecule has 5 N–H and O–H groups in total. The van der Waals surface area contributed by atoms with E-state index in [0.717, 1.165) is 32.5 Å². The number of anilines is 1. The monoisotopic (exact) mass is 723 g/mol. The summed E-state index contributed by atoms with van der Waals surface area (Å²) >= 11 is 0. The zero-order chi connectivity index (χ0) is 36.8. The van der Waals surface area contributed by atoms with Crippen molar-refractivity contribution in [2.75, 3.05) is 39.2 Å². The predicted molar refractivity (Wildman–Crippen MR) is 194 cm³/mol. The van der Waals surface area contributed by atoms with Crippen molar-refractivity contribution in [2.24, 2.45) is 5.92 Å². The first-order valence-corrected chi connectivity index (χ1v) is 18.7. The molecule has 0 spiro atoms. The number of ether oxygens (including phenoxy) is 2. The summed E-state index contributed by atoms with van der Waals surface area (Å²) in [5.74, 6) is -1.39. The molecule has 51 heavy (non-hydrogen) atoms. The second-order valence-corrected chi connectivity index (χ2v) is 14.4. The van der Waals surface area contributed by atoms with E-state index in [-0.39, 0.29) is 35.7 Å². The number of benzene rings is 3. The minimum Gasteiger partial charge on any atom is -0.493 e. The maximum Gasteiger partial charge on any atom is 0.326 e. The van der Waals surface area contributed by atoms with Crippen molar-refractivity contribution in [2.45, 2.75) is 69.0 Å². The maximum atomic E-state index is 13.1. The van der Waals surface area contributed by atoms with Gasteiger partial charge in [0, 0.05) is 56.3 Å². The molecule has 1 unspecified atom stereocenters. The van der Waals surface area contributed by atoms with Gasteiger partial charge in [-0.25, -0.2) is 22.7 Å². The van der Waals surface area contributed by atoms with E-state index >= 15 is 0 Å².